The van der Waals surface area contributed by atoms with Crippen molar-refractivity contribution in [3.63, 3.8) is 0 Å². The Balaban J connectivity index is 1.60. The molecule has 1 aliphatic heterocycles. The van der Waals surface area contributed by atoms with Crippen LogP contribution in [0.2, 0.25) is 5.02 Å². The second kappa shape index (κ2) is 7.04. The molecule has 2 aliphatic rings. The van der Waals surface area contributed by atoms with Crippen molar-refractivity contribution in [3.05, 3.63) is 34.9 Å². The van der Waals surface area contributed by atoms with Crippen LogP contribution in [0, 0.1) is 5.92 Å². The molecule has 25 heavy (non-hydrogen) atoms. The van der Waals surface area contributed by atoms with E-state index in [4.69, 9.17) is 11.6 Å². The molecule has 7 heteroatoms. The molecule has 3 rings (SSSR count). The first kappa shape index (κ1) is 17.7. The molecule has 1 spiro atoms. The van der Waals surface area contributed by atoms with Crippen molar-refractivity contribution >= 4 is 29.4 Å². The number of hydrogen-bond acceptors (Lipinski definition) is 3. The second-order valence-corrected chi connectivity index (χ2v) is 7.28. The molecule has 1 saturated carbocycles. The van der Waals surface area contributed by atoms with E-state index in [-0.39, 0.29) is 24.3 Å². The van der Waals surface area contributed by atoms with Crippen LogP contribution in [0.25, 0.3) is 0 Å². The zero-order valence-corrected chi connectivity index (χ0v) is 14.9. The Morgan fingerprint density at radius 3 is 2.72 bits per heavy atom. The molecule has 1 heterocycles. The number of hydrogen-bond donors (Lipinski definition) is 2. The fourth-order valence-corrected chi connectivity index (χ4v) is 3.77. The number of urea groups is 1. The Kier molecular flexibility index (Phi) is 4.99. The lowest BCUT2D eigenvalue weighted by Gasteiger charge is -2.36. The quantitative estimate of drug-likeness (QED) is 0.806. The summed E-state index contributed by atoms with van der Waals surface area (Å²) in [5.74, 6) is -0.551. The Morgan fingerprint density at radius 2 is 2.04 bits per heavy atom. The normalized spacial score (nSPS) is 26.0. The summed E-state index contributed by atoms with van der Waals surface area (Å²) in [7, 11) is 0. The fourth-order valence-electron chi connectivity index (χ4n) is 3.64. The summed E-state index contributed by atoms with van der Waals surface area (Å²) in [5, 5.41) is 6.21. The number of rotatable bonds is 4. The van der Waals surface area contributed by atoms with Crippen molar-refractivity contribution in [3.8, 4) is 0 Å². The van der Waals surface area contributed by atoms with E-state index in [1.165, 1.54) is 0 Å². The predicted octanol–water partition coefficient (Wildman–Crippen LogP) is 2.46. The van der Waals surface area contributed by atoms with Crippen LogP contribution in [0.1, 0.15) is 38.2 Å². The van der Waals surface area contributed by atoms with Crippen molar-refractivity contribution in [2.24, 2.45) is 5.92 Å². The van der Waals surface area contributed by atoms with Crippen molar-refractivity contribution in [1.29, 1.82) is 0 Å². The molecule has 2 atom stereocenters. The molecule has 0 bridgehead atoms. The van der Waals surface area contributed by atoms with Crippen LogP contribution >= 0.6 is 11.6 Å². The molecular weight excluding hydrogens is 342 g/mol. The van der Waals surface area contributed by atoms with Gasteiger partial charge in [-0.1, -0.05) is 43.5 Å². The number of carbonyl (C=O) groups excluding carboxylic acids is 3. The minimum Gasteiger partial charge on any atom is -0.350 e. The minimum atomic E-state index is -0.828. The van der Waals surface area contributed by atoms with Gasteiger partial charge in [-0.15, -0.1) is 0 Å². The van der Waals surface area contributed by atoms with E-state index in [1.54, 1.807) is 12.1 Å². The van der Waals surface area contributed by atoms with Gasteiger partial charge in [0.1, 0.15) is 12.1 Å². The summed E-state index contributed by atoms with van der Waals surface area (Å²) >= 11 is 5.83. The molecule has 134 valence electrons. The van der Waals surface area contributed by atoms with Gasteiger partial charge in [0.2, 0.25) is 5.91 Å². The second-order valence-electron chi connectivity index (χ2n) is 6.84. The summed E-state index contributed by atoms with van der Waals surface area (Å²) in [4.78, 5) is 38.3. The van der Waals surface area contributed by atoms with Crippen molar-refractivity contribution in [1.82, 2.24) is 15.5 Å². The lowest BCUT2D eigenvalue weighted by Crippen LogP contribution is -2.54. The highest BCUT2D eigenvalue weighted by molar-refractivity contribution is 6.30. The third kappa shape index (κ3) is 3.49. The maximum Gasteiger partial charge on any atom is 0.325 e. The highest BCUT2D eigenvalue weighted by atomic mass is 35.5. The largest absolute Gasteiger partial charge is 0.350 e. The number of imide groups is 1. The van der Waals surface area contributed by atoms with Gasteiger partial charge in [-0.2, -0.15) is 0 Å². The average Bonchev–Trinajstić information content (AvgIpc) is 2.82. The molecule has 2 fully saturated rings. The van der Waals surface area contributed by atoms with Gasteiger partial charge in [0, 0.05) is 11.6 Å². The SMILES string of the molecule is C[C@@H]1CCCC[C@@]12NC(=O)N(CC(=O)NCc1ccc(Cl)cc1)C2=O. The third-order valence-corrected chi connectivity index (χ3v) is 5.46. The highest BCUT2D eigenvalue weighted by Crippen LogP contribution is 2.38. The first-order valence-electron chi connectivity index (χ1n) is 8.57. The van der Waals surface area contributed by atoms with E-state index in [0.717, 1.165) is 29.7 Å². The number of nitrogens with zero attached hydrogens (tertiary/aromatic N) is 1. The highest BCUT2D eigenvalue weighted by Gasteiger charge is 2.55. The van der Waals surface area contributed by atoms with E-state index >= 15 is 0 Å². The summed E-state index contributed by atoms with van der Waals surface area (Å²) in [6.07, 6.45) is 3.52. The van der Waals surface area contributed by atoms with Crippen molar-refractivity contribution in [2.45, 2.75) is 44.7 Å². The Bertz CT molecular complexity index is 691. The van der Waals surface area contributed by atoms with E-state index in [2.05, 4.69) is 10.6 Å². The van der Waals surface area contributed by atoms with Crippen LogP contribution in [0.15, 0.2) is 24.3 Å². The van der Waals surface area contributed by atoms with Gasteiger partial charge in [0.15, 0.2) is 0 Å². The van der Waals surface area contributed by atoms with E-state index in [9.17, 15) is 14.4 Å². The summed E-state index contributed by atoms with van der Waals surface area (Å²) in [6.45, 7) is 2.05. The number of benzene rings is 1. The van der Waals surface area contributed by atoms with E-state index in [0.29, 0.717) is 18.0 Å². The molecule has 0 aromatic heterocycles. The van der Waals surface area contributed by atoms with Gasteiger partial charge in [-0.3, -0.25) is 14.5 Å². The third-order valence-electron chi connectivity index (χ3n) is 5.21. The average molecular weight is 364 g/mol. The first-order valence-corrected chi connectivity index (χ1v) is 8.95. The smallest absolute Gasteiger partial charge is 0.325 e. The lowest BCUT2D eigenvalue weighted by atomic mass is 9.73. The molecule has 2 N–H and O–H groups in total. The molecule has 1 saturated heterocycles. The number of carbonyl (C=O) groups is 3. The van der Waals surface area contributed by atoms with Crippen molar-refractivity contribution < 1.29 is 14.4 Å². The van der Waals surface area contributed by atoms with Crippen LogP contribution in [-0.2, 0) is 16.1 Å². The molecular formula is C18H22ClN3O3. The molecule has 1 aliphatic carbocycles. The topological polar surface area (TPSA) is 78.5 Å². The van der Waals surface area contributed by atoms with E-state index < -0.39 is 11.6 Å². The molecule has 0 radical (unpaired) electrons. The Morgan fingerprint density at radius 1 is 1.32 bits per heavy atom. The molecule has 4 amide bonds. The summed E-state index contributed by atoms with van der Waals surface area (Å²) in [6, 6.07) is 6.65. The fraction of sp³-hybridized carbons (Fsp3) is 0.500. The lowest BCUT2D eigenvalue weighted by molar-refractivity contribution is -0.137. The minimum absolute atomic E-state index is 0.0832. The zero-order valence-electron chi connectivity index (χ0n) is 14.2. The first-order chi connectivity index (χ1) is 11.9. The number of amides is 4. The van der Waals surface area contributed by atoms with Crippen LogP contribution in [0.3, 0.4) is 0 Å². The molecule has 1 aromatic rings. The van der Waals surface area contributed by atoms with E-state index in [1.807, 2.05) is 19.1 Å². The van der Waals surface area contributed by atoms with Crippen LogP contribution in [-0.4, -0.2) is 34.8 Å². The van der Waals surface area contributed by atoms with Crippen LogP contribution in [0.5, 0.6) is 0 Å². The molecule has 6 nitrogen and oxygen atoms in total. The maximum atomic E-state index is 12.8. The van der Waals surface area contributed by atoms with Gasteiger partial charge in [-0.25, -0.2) is 4.79 Å². The number of nitrogens with one attached hydrogen (secondary N) is 2. The zero-order chi connectivity index (χ0) is 18.0. The monoisotopic (exact) mass is 363 g/mol. The molecule has 0 unspecified atom stereocenters. The van der Waals surface area contributed by atoms with Gasteiger partial charge in [0.05, 0.1) is 0 Å². The number of halogens is 1. The Labute approximate surface area is 151 Å². The maximum absolute atomic E-state index is 12.8. The van der Waals surface area contributed by atoms with Gasteiger partial charge in [0.25, 0.3) is 5.91 Å². The predicted molar refractivity (Wildman–Crippen MR) is 93.9 cm³/mol. The standard InChI is InChI=1S/C18H22ClN3O3/c1-12-4-2-3-9-18(12)16(24)22(17(25)21-18)11-15(23)20-10-13-5-7-14(19)8-6-13/h5-8,12H,2-4,9-11H2,1H3,(H,20,23)(H,21,25)/t12-,18-/m1/s1. The van der Waals surface area contributed by atoms with Gasteiger partial charge >= 0.3 is 6.03 Å². The van der Waals surface area contributed by atoms with Crippen LogP contribution in [0.4, 0.5) is 4.79 Å². The van der Waals surface area contributed by atoms with Gasteiger partial charge in [-0.05, 0) is 36.5 Å². The van der Waals surface area contributed by atoms with Crippen molar-refractivity contribution in [2.75, 3.05) is 6.54 Å². The summed E-state index contributed by atoms with van der Waals surface area (Å²) in [5.41, 5.74) is 0.0681. The van der Waals surface area contributed by atoms with Crippen LogP contribution < -0.4 is 10.6 Å². The summed E-state index contributed by atoms with van der Waals surface area (Å²) < 4.78 is 0. The van der Waals surface area contributed by atoms with Gasteiger partial charge < -0.3 is 10.6 Å². The Hall–Kier alpha value is -2.08. The molecule has 1 aromatic carbocycles.